The molecule has 0 aliphatic heterocycles. The Labute approximate surface area is 87.6 Å². The SMILES string of the molecule is COc1cc(C#N)cc(OC)c1B(O)O. The highest BCUT2D eigenvalue weighted by atomic mass is 16.5. The van der Waals surface area contributed by atoms with Crippen molar-refractivity contribution in [1.82, 2.24) is 0 Å². The molecule has 1 aromatic rings. The van der Waals surface area contributed by atoms with Gasteiger partial charge in [0.05, 0.1) is 31.3 Å². The third-order valence-electron chi connectivity index (χ3n) is 1.93. The average Bonchev–Trinajstić information content (AvgIpc) is 2.26. The number of benzene rings is 1. The van der Waals surface area contributed by atoms with E-state index in [4.69, 9.17) is 24.8 Å². The monoisotopic (exact) mass is 207 g/mol. The number of ether oxygens (including phenoxy) is 2. The molecular weight excluding hydrogens is 197 g/mol. The number of hydrogen-bond acceptors (Lipinski definition) is 5. The number of nitriles is 1. The van der Waals surface area contributed by atoms with Crippen molar-refractivity contribution in [3.8, 4) is 17.6 Å². The molecule has 78 valence electrons. The fraction of sp³-hybridized carbons (Fsp3) is 0.222. The molecule has 0 aromatic heterocycles. The zero-order chi connectivity index (χ0) is 11.4. The molecule has 1 rings (SSSR count). The Kier molecular flexibility index (Phi) is 3.55. The predicted octanol–water partition coefficient (Wildman–Crippen LogP) is -0.745. The molecule has 0 fully saturated rings. The molecule has 0 heterocycles. The normalized spacial score (nSPS) is 9.27. The summed E-state index contributed by atoms with van der Waals surface area (Å²) in [7, 11) is 1.05. The fourth-order valence-corrected chi connectivity index (χ4v) is 1.26. The van der Waals surface area contributed by atoms with Crippen molar-refractivity contribution < 1.29 is 19.5 Å². The first-order valence-electron chi connectivity index (χ1n) is 4.16. The lowest BCUT2D eigenvalue weighted by Gasteiger charge is -2.12. The number of nitrogens with zero attached hydrogens (tertiary/aromatic N) is 1. The van der Waals surface area contributed by atoms with Crippen LogP contribution in [0.25, 0.3) is 0 Å². The second-order valence-corrected chi connectivity index (χ2v) is 2.78. The predicted molar refractivity (Wildman–Crippen MR) is 54.1 cm³/mol. The van der Waals surface area contributed by atoms with Crippen molar-refractivity contribution in [1.29, 1.82) is 5.26 Å². The second-order valence-electron chi connectivity index (χ2n) is 2.78. The first-order valence-corrected chi connectivity index (χ1v) is 4.16. The maximum absolute atomic E-state index is 9.12. The number of rotatable bonds is 3. The van der Waals surface area contributed by atoms with Crippen molar-refractivity contribution in [3.63, 3.8) is 0 Å². The Bertz CT molecular complexity index is 375. The Hall–Kier alpha value is -1.71. The van der Waals surface area contributed by atoms with Crippen LogP contribution in [0.5, 0.6) is 11.5 Å². The van der Waals surface area contributed by atoms with E-state index in [1.54, 1.807) is 0 Å². The van der Waals surface area contributed by atoms with E-state index in [-0.39, 0.29) is 17.0 Å². The van der Waals surface area contributed by atoms with Crippen molar-refractivity contribution in [2.45, 2.75) is 0 Å². The summed E-state index contributed by atoms with van der Waals surface area (Å²) < 4.78 is 9.88. The summed E-state index contributed by atoms with van der Waals surface area (Å²) in [6, 6.07) is 4.75. The van der Waals surface area contributed by atoms with Gasteiger partial charge in [0, 0.05) is 0 Å². The summed E-state index contributed by atoms with van der Waals surface area (Å²) in [6.45, 7) is 0. The lowest BCUT2D eigenvalue weighted by molar-refractivity contribution is 0.385. The van der Waals surface area contributed by atoms with E-state index >= 15 is 0 Å². The molecule has 0 bridgehead atoms. The third kappa shape index (κ3) is 2.21. The van der Waals surface area contributed by atoms with Crippen LogP contribution in [0.2, 0.25) is 0 Å². The minimum Gasteiger partial charge on any atom is -0.497 e. The molecule has 1 aromatic carbocycles. The standard InChI is InChI=1S/C9H10BNO4/c1-14-7-3-6(5-11)4-8(15-2)9(7)10(12)13/h3-4,12-13H,1-2H3. The van der Waals surface area contributed by atoms with Gasteiger partial charge in [-0.15, -0.1) is 0 Å². The molecule has 5 nitrogen and oxygen atoms in total. The summed E-state index contributed by atoms with van der Waals surface area (Å²) in [5, 5.41) is 27.0. The Morgan fingerprint density at radius 2 is 1.67 bits per heavy atom. The van der Waals surface area contributed by atoms with Crippen LogP contribution in [0, 0.1) is 11.3 Å². The molecule has 0 aliphatic rings. The molecule has 15 heavy (non-hydrogen) atoms. The van der Waals surface area contributed by atoms with Gasteiger partial charge < -0.3 is 19.5 Å². The molecule has 2 N–H and O–H groups in total. The molecular formula is C9H10BNO4. The largest absolute Gasteiger partial charge is 0.497 e. The van der Waals surface area contributed by atoms with Gasteiger partial charge in [0.1, 0.15) is 11.5 Å². The van der Waals surface area contributed by atoms with E-state index in [1.807, 2.05) is 6.07 Å². The quantitative estimate of drug-likeness (QED) is 0.637. The highest BCUT2D eigenvalue weighted by Gasteiger charge is 2.23. The summed E-state index contributed by atoms with van der Waals surface area (Å²) >= 11 is 0. The molecule has 0 atom stereocenters. The zero-order valence-corrected chi connectivity index (χ0v) is 8.39. The van der Waals surface area contributed by atoms with E-state index in [9.17, 15) is 0 Å². The van der Waals surface area contributed by atoms with Crippen molar-refractivity contribution in [2.75, 3.05) is 14.2 Å². The first kappa shape index (κ1) is 11.4. The van der Waals surface area contributed by atoms with Crippen LogP contribution in [0.15, 0.2) is 12.1 Å². The van der Waals surface area contributed by atoms with Gasteiger partial charge in [-0.25, -0.2) is 0 Å². The highest BCUT2D eigenvalue weighted by Crippen LogP contribution is 2.19. The molecule has 0 saturated carbocycles. The lowest BCUT2D eigenvalue weighted by Crippen LogP contribution is -2.32. The van der Waals surface area contributed by atoms with Crippen LogP contribution in [-0.2, 0) is 0 Å². The maximum atomic E-state index is 9.12. The third-order valence-corrected chi connectivity index (χ3v) is 1.93. The van der Waals surface area contributed by atoms with Crippen LogP contribution in [0.3, 0.4) is 0 Å². The number of methoxy groups -OCH3 is 2. The first-order chi connectivity index (χ1) is 7.13. The van der Waals surface area contributed by atoms with Crippen molar-refractivity contribution in [3.05, 3.63) is 17.7 Å². The summed E-state index contributed by atoms with van der Waals surface area (Å²) in [5.41, 5.74) is 0.437. The van der Waals surface area contributed by atoms with Gasteiger partial charge in [-0.2, -0.15) is 5.26 Å². The van der Waals surface area contributed by atoms with E-state index in [0.29, 0.717) is 5.56 Å². The molecule has 0 unspecified atom stereocenters. The molecule has 6 heteroatoms. The Balaban J connectivity index is 3.41. The Morgan fingerprint density at radius 1 is 1.20 bits per heavy atom. The van der Waals surface area contributed by atoms with Crippen molar-refractivity contribution >= 4 is 12.6 Å². The van der Waals surface area contributed by atoms with Gasteiger partial charge in [-0.1, -0.05) is 0 Å². The number of hydrogen-bond donors (Lipinski definition) is 2. The van der Waals surface area contributed by atoms with E-state index in [0.717, 1.165) is 0 Å². The lowest BCUT2D eigenvalue weighted by atomic mass is 9.78. The van der Waals surface area contributed by atoms with E-state index < -0.39 is 7.12 Å². The van der Waals surface area contributed by atoms with Crippen LogP contribution in [0.1, 0.15) is 5.56 Å². The van der Waals surface area contributed by atoms with Crippen LogP contribution in [-0.4, -0.2) is 31.4 Å². The van der Waals surface area contributed by atoms with E-state index in [2.05, 4.69) is 0 Å². The van der Waals surface area contributed by atoms with Gasteiger partial charge in [0.2, 0.25) is 0 Å². The van der Waals surface area contributed by atoms with Crippen molar-refractivity contribution in [2.24, 2.45) is 0 Å². The van der Waals surface area contributed by atoms with Gasteiger partial charge in [0.15, 0.2) is 0 Å². The maximum Gasteiger partial charge on any atom is 0.496 e. The van der Waals surface area contributed by atoms with Crippen LogP contribution >= 0.6 is 0 Å². The zero-order valence-electron chi connectivity index (χ0n) is 8.39. The molecule has 0 radical (unpaired) electrons. The minimum absolute atomic E-state index is 0.110. The van der Waals surface area contributed by atoms with Crippen LogP contribution in [0.4, 0.5) is 0 Å². The van der Waals surface area contributed by atoms with Gasteiger partial charge in [0.25, 0.3) is 0 Å². The second kappa shape index (κ2) is 4.69. The molecule has 0 amide bonds. The van der Waals surface area contributed by atoms with Gasteiger partial charge in [-0.05, 0) is 12.1 Å². The summed E-state index contributed by atoms with van der Waals surface area (Å²) in [4.78, 5) is 0. The minimum atomic E-state index is -1.71. The topological polar surface area (TPSA) is 82.7 Å². The fourth-order valence-electron chi connectivity index (χ4n) is 1.26. The van der Waals surface area contributed by atoms with E-state index in [1.165, 1.54) is 26.4 Å². The van der Waals surface area contributed by atoms with Gasteiger partial charge in [-0.3, -0.25) is 0 Å². The summed E-state index contributed by atoms with van der Waals surface area (Å²) in [6.07, 6.45) is 0. The average molecular weight is 207 g/mol. The summed E-state index contributed by atoms with van der Waals surface area (Å²) in [5.74, 6) is 0.418. The van der Waals surface area contributed by atoms with Crippen LogP contribution < -0.4 is 14.9 Å². The molecule has 0 spiro atoms. The van der Waals surface area contributed by atoms with Gasteiger partial charge >= 0.3 is 7.12 Å². The molecule has 0 saturated heterocycles. The Morgan fingerprint density at radius 3 is 1.93 bits per heavy atom. The molecule has 0 aliphatic carbocycles. The smallest absolute Gasteiger partial charge is 0.496 e. The highest BCUT2D eigenvalue weighted by molar-refractivity contribution is 6.61.